The quantitative estimate of drug-likeness (QED) is 0.0648. The normalized spacial score (nSPS) is 15.7. The van der Waals surface area contributed by atoms with Gasteiger partial charge in [0.1, 0.15) is 29.4 Å². The fourth-order valence-electron chi connectivity index (χ4n) is 13.3. The molecule has 13 aromatic rings. The number of aryl methyl sites for hydroxylation is 1. The third-order valence-corrected chi connectivity index (χ3v) is 19.7. The standard InChI is InChI=1S/C26H25N9O3.C23H18FN9O4S.C21H19ClN8O3/c1-17-30-16-35(31-17)24-22-21(20(38-2)15-29-24)19(14-28-22)23(36)25(37)32-10-12-33(13-11-32)26-27-8-9-34(26)18-6-4-3-5-7-18;24-16-13-26-21(33-7-6-27-30-33)19-17(16)15(12-25-19)20(34)23(35)32-10-8-31(9-11-32)22-18(28-38(36,37)29-22)14-4-2-1-3-5-14;1-12-11-28(7-8-29(12)21-25-26-27-30(21)13-5-3-2-4-6-13)20(33)18(32)14-9-23-17-16(14)15(31)10-24-19(17)22/h3-9,14-16,28H,10-13H2,1-2H3;1-7,12-13,25H,8-11H2;2-6,9-10,12,23,31H,7-8,11H2,1H3/t;;12-/m..1/s1. The largest absolute Gasteiger partial charge is 0.506 e. The van der Waals surface area contributed by atoms with Crippen molar-refractivity contribution in [3.8, 4) is 34.5 Å². The number of carbonyl (C=O) groups is 6. The number of aromatic nitrogens is 18. The smallest absolute Gasteiger partial charge is 0.365 e. The Balaban J connectivity index is 0.000000131. The summed E-state index contributed by atoms with van der Waals surface area (Å²) in [5.74, 6) is -2.02. The van der Waals surface area contributed by atoms with Crippen LogP contribution in [0.25, 0.3) is 55.7 Å². The van der Waals surface area contributed by atoms with Crippen LogP contribution in [-0.4, -0.2) is 254 Å². The molecule has 4 N–H and O–H groups in total. The Morgan fingerprint density at radius 1 is 0.596 bits per heavy atom. The number of pyridine rings is 3. The van der Waals surface area contributed by atoms with Crippen molar-refractivity contribution in [2.24, 2.45) is 8.80 Å². The van der Waals surface area contributed by atoms with E-state index in [0.717, 1.165) is 29.7 Å². The first-order valence-corrected chi connectivity index (χ1v) is 35.6. The highest BCUT2D eigenvalue weighted by atomic mass is 35.5. The molecule has 109 heavy (non-hydrogen) atoms. The number of tetrazole rings is 1. The fraction of sp³-hybridized carbons (Fsp3) is 0.214. The van der Waals surface area contributed by atoms with Gasteiger partial charge in [-0.2, -0.15) is 18.2 Å². The first kappa shape index (κ1) is 70.9. The van der Waals surface area contributed by atoms with Crippen LogP contribution in [0.15, 0.2) is 168 Å². The molecule has 39 heteroatoms. The second-order valence-corrected chi connectivity index (χ2v) is 26.7. The van der Waals surface area contributed by atoms with Gasteiger partial charge in [-0.3, -0.25) is 33.3 Å². The van der Waals surface area contributed by atoms with E-state index in [9.17, 15) is 46.7 Å². The molecule has 0 unspecified atom stereocenters. The second kappa shape index (κ2) is 29.6. The molecule has 0 radical (unpaired) electrons. The maximum absolute atomic E-state index is 14.7. The van der Waals surface area contributed by atoms with E-state index in [1.54, 1.807) is 64.3 Å². The van der Waals surface area contributed by atoms with Gasteiger partial charge < -0.3 is 54.2 Å². The van der Waals surface area contributed by atoms with Crippen LogP contribution in [0.1, 0.15) is 49.4 Å². The molecule has 4 aliphatic rings. The van der Waals surface area contributed by atoms with E-state index in [-0.39, 0.29) is 93.5 Å². The number of anilines is 2. The van der Waals surface area contributed by atoms with Gasteiger partial charge in [0, 0.05) is 120 Å². The molecular weight excluding hydrogens is 1450 g/mol. The van der Waals surface area contributed by atoms with Crippen LogP contribution in [-0.2, 0) is 24.6 Å². The van der Waals surface area contributed by atoms with Gasteiger partial charge in [0.05, 0.1) is 93.2 Å². The zero-order valence-corrected chi connectivity index (χ0v) is 59.5. The van der Waals surface area contributed by atoms with Crippen LogP contribution >= 0.6 is 11.6 Å². The van der Waals surface area contributed by atoms with Crippen molar-refractivity contribution in [1.29, 1.82) is 0 Å². The summed E-state index contributed by atoms with van der Waals surface area (Å²) < 4.78 is 58.6. The average molecular weight is 1510 g/mol. The van der Waals surface area contributed by atoms with Gasteiger partial charge in [0.25, 0.3) is 41.0 Å². The number of fused-ring (bicyclic) bond motifs is 3. The van der Waals surface area contributed by atoms with Crippen LogP contribution in [0.3, 0.4) is 0 Å². The second-order valence-electron chi connectivity index (χ2n) is 25.1. The van der Waals surface area contributed by atoms with Crippen molar-refractivity contribution in [2.45, 2.75) is 19.9 Å². The number of aromatic amines is 3. The van der Waals surface area contributed by atoms with Crippen LogP contribution in [0.2, 0.25) is 5.15 Å². The number of ether oxygens (including phenoxy) is 1. The van der Waals surface area contributed by atoms with Gasteiger partial charge in [0.2, 0.25) is 5.95 Å². The highest BCUT2D eigenvalue weighted by Gasteiger charge is 2.38. The third kappa shape index (κ3) is 13.8. The Morgan fingerprint density at radius 3 is 1.80 bits per heavy atom. The Labute approximate surface area is 620 Å². The Morgan fingerprint density at radius 2 is 1.17 bits per heavy atom. The summed E-state index contributed by atoms with van der Waals surface area (Å²) in [7, 11) is -2.52. The van der Waals surface area contributed by atoms with Crippen molar-refractivity contribution in [3.63, 3.8) is 0 Å². The average Bonchev–Trinajstić information content (AvgIpc) is 1.63. The Hall–Kier alpha value is -13.8. The van der Waals surface area contributed by atoms with Crippen molar-refractivity contribution in [1.82, 2.24) is 109 Å². The number of H-pyrrole nitrogens is 3. The number of benzene rings is 3. The summed E-state index contributed by atoms with van der Waals surface area (Å²) in [6.07, 6.45) is 15.9. The fourth-order valence-corrected chi connectivity index (χ4v) is 14.4. The SMILES string of the molecule is COc1cnc(-n2cnc(C)n2)c2[nH]cc(C(=O)C(=O)N3CCN(c4nccn4-c4ccccc4)CC3)c12.C[C@@H]1CN(C(=O)C(=O)c2c[nH]c3c(Cl)ncc(O)c23)CCN1c1nnnn1-c1ccccc1.O=C(C(=O)N1CCN(C2=NS(=O)(=O)N=C2c2ccccc2)CC1)c1c[nH]c2c(-n3ccnn3)ncc(F)c12. The number of imidazole rings is 1. The van der Waals surface area contributed by atoms with E-state index >= 15 is 0 Å². The number of hydrogen-bond donors (Lipinski definition) is 4. The molecule has 0 saturated carbocycles. The van der Waals surface area contributed by atoms with E-state index in [1.165, 1.54) is 63.5 Å². The first-order valence-electron chi connectivity index (χ1n) is 33.8. The number of aromatic hydroxyl groups is 1. The zero-order chi connectivity index (χ0) is 75.8. The molecule has 552 valence electrons. The number of halogens is 2. The van der Waals surface area contributed by atoms with Crippen molar-refractivity contribution in [3.05, 3.63) is 198 Å². The number of ketones is 3. The van der Waals surface area contributed by atoms with Crippen LogP contribution in [0.5, 0.6) is 11.5 Å². The number of methoxy groups -OCH3 is 1. The molecule has 3 aromatic carbocycles. The number of carbonyl (C=O) groups excluding carboxylic acids is 6. The van der Waals surface area contributed by atoms with E-state index in [2.05, 4.69) is 84.5 Å². The molecule has 36 nitrogen and oxygen atoms in total. The lowest BCUT2D eigenvalue weighted by molar-refractivity contribution is -0.128. The lowest BCUT2D eigenvalue weighted by Crippen LogP contribution is -2.55. The summed E-state index contributed by atoms with van der Waals surface area (Å²) in [6.45, 7) is 7.39. The lowest BCUT2D eigenvalue weighted by atomic mass is 10.1. The van der Waals surface area contributed by atoms with E-state index in [4.69, 9.17) is 16.3 Å². The van der Waals surface area contributed by atoms with Crippen LogP contribution < -0.4 is 14.5 Å². The molecule has 0 spiro atoms. The van der Waals surface area contributed by atoms with Gasteiger partial charge in [-0.25, -0.2) is 38.7 Å². The topological polar surface area (TPSA) is 419 Å². The van der Waals surface area contributed by atoms with Gasteiger partial charge in [-0.15, -0.1) is 13.9 Å². The lowest BCUT2D eigenvalue weighted by Gasteiger charge is -2.39. The number of para-hydroxylation sites is 2. The third-order valence-electron chi connectivity index (χ3n) is 18.6. The predicted octanol–water partition coefficient (Wildman–Crippen LogP) is 4.75. The molecule has 3 amide bonds. The van der Waals surface area contributed by atoms with Crippen molar-refractivity contribution >= 4 is 113 Å². The van der Waals surface area contributed by atoms with Crippen molar-refractivity contribution < 1.29 is 51.4 Å². The van der Waals surface area contributed by atoms with Gasteiger partial charge in [-0.1, -0.05) is 88.6 Å². The van der Waals surface area contributed by atoms with E-state index in [0.29, 0.717) is 91.1 Å². The van der Waals surface area contributed by atoms with Crippen LogP contribution in [0.4, 0.5) is 16.3 Å². The molecule has 3 fully saturated rings. The molecule has 3 saturated heterocycles. The van der Waals surface area contributed by atoms with E-state index < -0.39 is 51.1 Å². The minimum atomic E-state index is -4.01. The first-order chi connectivity index (χ1) is 52.8. The maximum atomic E-state index is 14.7. The maximum Gasteiger partial charge on any atom is 0.365 e. The summed E-state index contributed by atoms with van der Waals surface area (Å²) in [5, 5.41) is 34.8. The molecule has 0 aliphatic carbocycles. The molecule has 0 bridgehead atoms. The molecule has 10 aromatic heterocycles. The Bertz CT molecular complexity index is 5850. The predicted molar refractivity (Wildman–Crippen MR) is 391 cm³/mol. The number of amides is 3. The number of piperazine rings is 3. The zero-order valence-electron chi connectivity index (χ0n) is 57.9. The van der Waals surface area contributed by atoms with Crippen LogP contribution in [0, 0.1) is 12.7 Å². The summed E-state index contributed by atoms with van der Waals surface area (Å²) in [6, 6.07) is 28.1. The molecule has 14 heterocycles. The summed E-state index contributed by atoms with van der Waals surface area (Å²) >= 11 is 6.03. The minimum absolute atomic E-state index is 0.0555. The van der Waals surface area contributed by atoms with Gasteiger partial charge in [0.15, 0.2) is 28.4 Å². The number of rotatable bonds is 14. The summed E-state index contributed by atoms with van der Waals surface area (Å²) in [4.78, 5) is 119. The van der Waals surface area contributed by atoms with Crippen molar-refractivity contribution in [2.75, 3.05) is 88.9 Å². The minimum Gasteiger partial charge on any atom is -0.506 e. The number of Topliss-reactive ketones (excluding diaryl/α,β-unsaturated/α-hetero) is 3. The molecular formula is C70H62ClFN26O10S. The molecule has 1 atom stereocenters. The number of amidine groups is 1. The number of nitrogens with one attached hydrogen (secondary N) is 3. The monoisotopic (exact) mass is 1510 g/mol. The highest BCUT2D eigenvalue weighted by Crippen LogP contribution is 2.35. The van der Waals surface area contributed by atoms with E-state index in [1.807, 2.05) is 83.3 Å². The summed E-state index contributed by atoms with van der Waals surface area (Å²) in [5.41, 5.74) is 3.85. The Kier molecular flexibility index (Phi) is 19.3. The highest BCUT2D eigenvalue weighted by molar-refractivity contribution is 7.89. The number of hydrogen-bond acceptors (Lipinski definition) is 24. The number of nitrogens with zero attached hydrogens (tertiary/aromatic N) is 23. The van der Waals surface area contributed by atoms with Gasteiger partial charge >= 0.3 is 10.2 Å². The molecule has 17 rings (SSSR count). The molecule has 4 aliphatic heterocycles. The van der Waals surface area contributed by atoms with Gasteiger partial charge in [-0.05, 0) is 48.5 Å².